The summed E-state index contributed by atoms with van der Waals surface area (Å²) in [4.78, 5) is 27.3. The summed E-state index contributed by atoms with van der Waals surface area (Å²) in [7, 11) is 0. The van der Waals surface area contributed by atoms with Gasteiger partial charge in [-0.3, -0.25) is 14.5 Å². The largest absolute Gasteiger partial charge is 0.349 e. The molecule has 1 aliphatic heterocycles. The molecule has 2 aromatic rings. The number of likely N-dealkylation sites (tertiary alicyclic amines) is 1. The average Bonchev–Trinajstić information content (AvgIpc) is 3.38. The second-order valence-corrected chi connectivity index (χ2v) is 7.38. The molecule has 4 rings (SSSR count). The first kappa shape index (κ1) is 17.7. The Bertz CT molecular complexity index is 817. The maximum atomic E-state index is 12.7. The van der Waals surface area contributed by atoms with Gasteiger partial charge in [0.2, 0.25) is 5.91 Å². The first-order valence-electron chi connectivity index (χ1n) is 9.69. The van der Waals surface area contributed by atoms with Gasteiger partial charge >= 0.3 is 0 Å². The number of anilines is 1. The molecule has 1 heterocycles. The molecule has 2 aromatic carbocycles. The Labute approximate surface area is 159 Å². The van der Waals surface area contributed by atoms with Gasteiger partial charge in [-0.1, -0.05) is 42.5 Å². The van der Waals surface area contributed by atoms with Crippen LogP contribution in [0.2, 0.25) is 0 Å². The SMILES string of the molecule is O=C(CN1CCCC1c1ccccc1)Nc1ccccc1C(=O)NC1CC1. The van der Waals surface area contributed by atoms with E-state index < -0.39 is 0 Å². The van der Waals surface area contributed by atoms with Crippen LogP contribution in [0.5, 0.6) is 0 Å². The third kappa shape index (κ3) is 4.37. The predicted octanol–water partition coefficient (Wildman–Crippen LogP) is 3.35. The van der Waals surface area contributed by atoms with E-state index in [4.69, 9.17) is 0 Å². The fourth-order valence-electron chi connectivity index (χ4n) is 3.72. The van der Waals surface area contributed by atoms with Crippen molar-refractivity contribution in [3.63, 3.8) is 0 Å². The van der Waals surface area contributed by atoms with Crippen molar-refractivity contribution in [1.29, 1.82) is 0 Å². The molecule has 140 valence electrons. The molecular weight excluding hydrogens is 338 g/mol. The molecule has 5 nitrogen and oxygen atoms in total. The maximum absolute atomic E-state index is 12.7. The smallest absolute Gasteiger partial charge is 0.253 e. The molecule has 0 aromatic heterocycles. The van der Waals surface area contributed by atoms with E-state index in [1.165, 1.54) is 5.56 Å². The van der Waals surface area contributed by atoms with E-state index in [-0.39, 0.29) is 23.9 Å². The minimum atomic E-state index is -0.114. The highest BCUT2D eigenvalue weighted by molar-refractivity contribution is 6.04. The van der Waals surface area contributed by atoms with E-state index in [0.29, 0.717) is 17.8 Å². The molecule has 0 radical (unpaired) electrons. The summed E-state index contributed by atoms with van der Waals surface area (Å²) in [5, 5.41) is 5.93. The zero-order valence-corrected chi connectivity index (χ0v) is 15.4. The second-order valence-electron chi connectivity index (χ2n) is 7.38. The molecule has 1 aliphatic carbocycles. The van der Waals surface area contributed by atoms with Crippen molar-refractivity contribution in [3.05, 3.63) is 65.7 Å². The summed E-state index contributed by atoms with van der Waals surface area (Å²) in [6.07, 6.45) is 4.23. The van der Waals surface area contributed by atoms with Crippen molar-refractivity contribution >= 4 is 17.5 Å². The predicted molar refractivity (Wildman–Crippen MR) is 106 cm³/mol. The first-order valence-corrected chi connectivity index (χ1v) is 9.69. The number of para-hydroxylation sites is 1. The highest BCUT2D eigenvalue weighted by Gasteiger charge is 2.28. The van der Waals surface area contributed by atoms with Gasteiger partial charge in [0.25, 0.3) is 5.91 Å². The van der Waals surface area contributed by atoms with Gasteiger partial charge in [0, 0.05) is 12.1 Å². The van der Waals surface area contributed by atoms with Crippen molar-refractivity contribution < 1.29 is 9.59 Å². The van der Waals surface area contributed by atoms with Crippen LogP contribution >= 0.6 is 0 Å². The number of rotatable bonds is 6. The summed E-state index contributed by atoms with van der Waals surface area (Å²) in [5.74, 6) is -0.193. The van der Waals surface area contributed by atoms with E-state index in [1.807, 2.05) is 30.3 Å². The Balaban J connectivity index is 1.41. The van der Waals surface area contributed by atoms with Crippen molar-refractivity contribution in [2.24, 2.45) is 0 Å². The molecule has 5 heteroatoms. The van der Waals surface area contributed by atoms with E-state index in [0.717, 1.165) is 32.2 Å². The van der Waals surface area contributed by atoms with Gasteiger partial charge in [-0.05, 0) is 49.9 Å². The number of benzene rings is 2. The number of nitrogens with one attached hydrogen (secondary N) is 2. The molecule has 1 unspecified atom stereocenters. The lowest BCUT2D eigenvalue weighted by Gasteiger charge is -2.24. The molecule has 1 saturated carbocycles. The number of carbonyl (C=O) groups excluding carboxylic acids is 2. The quantitative estimate of drug-likeness (QED) is 0.827. The van der Waals surface area contributed by atoms with Gasteiger partial charge in [-0.2, -0.15) is 0 Å². The second kappa shape index (κ2) is 7.92. The highest BCUT2D eigenvalue weighted by Crippen LogP contribution is 2.31. The van der Waals surface area contributed by atoms with Crippen molar-refractivity contribution in [2.75, 3.05) is 18.4 Å². The minimum Gasteiger partial charge on any atom is -0.349 e. The molecule has 2 fully saturated rings. The molecule has 2 aliphatic rings. The number of amides is 2. The lowest BCUT2D eigenvalue weighted by Crippen LogP contribution is -2.33. The number of nitrogens with zero attached hydrogens (tertiary/aromatic N) is 1. The van der Waals surface area contributed by atoms with Crippen LogP contribution in [0.4, 0.5) is 5.69 Å². The van der Waals surface area contributed by atoms with Crippen molar-refractivity contribution in [1.82, 2.24) is 10.2 Å². The molecule has 0 spiro atoms. The molecular formula is C22H25N3O2. The van der Waals surface area contributed by atoms with Crippen LogP contribution in [0.25, 0.3) is 0 Å². The zero-order valence-electron chi connectivity index (χ0n) is 15.4. The summed E-state index contributed by atoms with van der Waals surface area (Å²) >= 11 is 0. The van der Waals surface area contributed by atoms with E-state index in [1.54, 1.807) is 12.1 Å². The third-order valence-electron chi connectivity index (χ3n) is 5.25. The van der Waals surface area contributed by atoms with E-state index in [2.05, 4.69) is 27.7 Å². The lowest BCUT2D eigenvalue weighted by atomic mass is 10.0. The Morgan fingerprint density at radius 2 is 1.70 bits per heavy atom. The van der Waals surface area contributed by atoms with Crippen LogP contribution in [0.1, 0.15) is 47.6 Å². The van der Waals surface area contributed by atoms with Gasteiger partial charge < -0.3 is 10.6 Å². The minimum absolute atomic E-state index is 0.0792. The Morgan fingerprint density at radius 1 is 0.963 bits per heavy atom. The van der Waals surface area contributed by atoms with Crippen LogP contribution in [-0.2, 0) is 4.79 Å². The molecule has 2 amide bonds. The van der Waals surface area contributed by atoms with Gasteiger partial charge in [-0.15, -0.1) is 0 Å². The van der Waals surface area contributed by atoms with Crippen LogP contribution in [-0.4, -0.2) is 35.8 Å². The number of carbonyl (C=O) groups is 2. The van der Waals surface area contributed by atoms with Crippen LogP contribution in [0.3, 0.4) is 0 Å². The van der Waals surface area contributed by atoms with Crippen LogP contribution in [0.15, 0.2) is 54.6 Å². The van der Waals surface area contributed by atoms with Crippen molar-refractivity contribution in [3.8, 4) is 0 Å². The third-order valence-corrected chi connectivity index (χ3v) is 5.25. The fraction of sp³-hybridized carbons (Fsp3) is 0.364. The fourth-order valence-corrected chi connectivity index (χ4v) is 3.72. The summed E-state index contributed by atoms with van der Waals surface area (Å²) in [6.45, 7) is 1.24. The monoisotopic (exact) mass is 363 g/mol. The van der Waals surface area contributed by atoms with Gasteiger partial charge in [-0.25, -0.2) is 0 Å². The Morgan fingerprint density at radius 3 is 2.48 bits per heavy atom. The summed E-state index contributed by atoms with van der Waals surface area (Å²) in [5.41, 5.74) is 2.36. The van der Waals surface area contributed by atoms with E-state index in [9.17, 15) is 9.59 Å². The topological polar surface area (TPSA) is 61.4 Å². The first-order chi connectivity index (χ1) is 13.2. The Hall–Kier alpha value is -2.66. The van der Waals surface area contributed by atoms with Gasteiger partial charge in [0.15, 0.2) is 0 Å². The average molecular weight is 363 g/mol. The molecule has 27 heavy (non-hydrogen) atoms. The normalized spacial score (nSPS) is 19.6. The number of hydrogen-bond donors (Lipinski definition) is 2. The van der Waals surface area contributed by atoms with Gasteiger partial charge in [0.1, 0.15) is 0 Å². The Kier molecular flexibility index (Phi) is 5.21. The number of hydrogen-bond acceptors (Lipinski definition) is 3. The zero-order chi connectivity index (χ0) is 18.6. The molecule has 1 atom stereocenters. The summed E-state index contributed by atoms with van der Waals surface area (Å²) in [6, 6.07) is 18.1. The summed E-state index contributed by atoms with van der Waals surface area (Å²) < 4.78 is 0. The van der Waals surface area contributed by atoms with Crippen molar-refractivity contribution in [2.45, 2.75) is 37.8 Å². The lowest BCUT2D eigenvalue weighted by molar-refractivity contribution is -0.117. The molecule has 0 bridgehead atoms. The maximum Gasteiger partial charge on any atom is 0.253 e. The highest BCUT2D eigenvalue weighted by atomic mass is 16.2. The van der Waals surface area contributed by atoms with Gasteiger partial charge in [0.05, 0.1) is 17.8 Å². The van der Waals surface area contributed by atoms with E-state index >= 15 is 0 Å². The molecule has 2 N–H and O–H groups in total. The van der Waals surface area contributed by atoms with Crippen LogP contribution in [0, 0.1) is 0 Å². The standard InChI is InChI=1S/C22H25N3O2/c26-21(15-25-14-6-11-20(25)16-7-2-1-3-8-16)24-19-10-5-4-9-18(19)22(27)23-17-12-13-17/h1-5,7-10,17,20H,6,11-15H2,(H,23,27)(H,24,26). The van der Waals surface area contributed by atoms with Crippen LogP contribution < -0.4 is 10.6 Å². The molecule has 1 saturated heterocycles.